The Morgan fingerprint density at radius 3 is 2.78 bits per heavy atom. The number of nitrogens with one attached hydrogen (secondary N) is 1. The van der Waals surface area contributed by atoms with Gasteiger partial charge in [0.05, 0.1) is 29.6 Å². The van der Waals surface area contributed by atoms with Crippen molar-refractivity contribution < 1.29 is 14.3 Å². The number of hydrazone groups is 1. The summed E-state index contributed by atoms with van der Waals surface area (Å²) in [7, 11) is 1.55. The molecule has 3 rings (SSSR count). The van der Waals surface area contributed by atoms with E-state index in [4.69, 9.17) is 9.47 Å². The van der Waals surface area contributed by atoms with Gasteiger partial charge in [0.25, 0.3) is 5.91 Å². The van der Waals surface area contributed by atoms with Gasteiger partial charge in [-0.05, 0) is 43.7 Å². The van der Waals surface area contributed by atoms with Crippen LogP contribution in [0.5, 0.6) is 11.5 Å². The minimum Gasteiger partial charge on any atom is -0.493 e. The van der Waals surface area contributed by atoms with E-state index < -0.39 is 0 Å². The number of rotatable bonds is 7. The molecule has 7 heteroatoms. The topological polar surface area (TPSA) is 72.8 Å². The molecule has 0 aliphatic heterocycles. The quantitative estimate of drug-likeness (QED) is 0.489. The number of hydrogen-bond acceptors (Lipinski definition) is 6. The molecule has 1 amide bonds. The molecule has 0 radical (unpaired) electrons. The molecule has 0 saturated carbocycles. The number of amides is 1. The maximum absolute atomic E-state index is 12.4. The highest BCUT2D eigenvalue weighted by atomic mass is 32.1. The summed E-state index contributed by atoms with van der Waals surface area (Å²) in [5.41, 5.74) is 4.59. The van der Waals surface area contributed by atoms with Gasteiger partial charge in [-0.2, -0.15) is 5.10 Å². The first-order valence-corrected chi connectivity index (χ1v) is 9.45. The summed E-state index contributed by atoms with van der Waals surface area (Å²) in [4.78, 5) is 16.9. The maximum Gasteiger partial charge on any atom is 0.271 e. The molecule has 0 fully saturated rings. The van der Waals surface area contributed by atoms with Crippen LogP contribution in [0.25, 0.3) is 10.2 Å². The second-order valence-electron chi connectivity index (χ2n) is 5.84. The molecule has 140 valence electrons. The molecular weight excluding hydrogens is 362 g/mol. The van der Waals surface area contributed by atoms with Crippen molar-refractivity contribution in [3.05, 3.63) is 53.0 Å². The molecule has 0 aliphatic carbocycles. The number of ether oxygens (including phenoxy) is 2. The molecule has 0 atom stereocenters. The predicted molar refractivity (Wildman–Crippen MR) is 108 cm³/mol. The van der Waals surface area contributed by atoms with Gasteiger partial charge in [0.1, 0.15) is 5.01 Å². The fourth-order valence-corrected chi connectivity index (χ4v) is 3.32. The van der Waals surface area contributed by atoms with Gasteiger partial charge in [0.2, 0.25) is 0 Å². The zero-order valence-electron chi connectivity index (χ0n) is 15.5. The van der Waals surface area contributed by atoms with Crippen molar-refractivity contribution >= 4 is 33.2 Å². The van der Waals surface area contributed by atoms with E-state index in [0.717, 1.165) is 21.6 Å². The van der Waals surface area contributed by atoms with Gasteiger partial charge < -0.3 is 9.47 Å². The van der Waals surface area contributed by atoms with Crippen LogP contribution >= 0.6 is 11.3 Å². The normalized spacial score (nSPS) is 11.4. The largest absolute Gasteiger partial charge is 0.493 e. The number of hydrogen-bond donors (Lipinski definition) is 1. The van der Waals surface area contributed by atoms with Gasteiger partial charge >= 0.3 is 0 Å². The first kappa shape index (κ1) is 18.8. The summed E-state index contributed by atoms with van der Waals surface area (Å²) in [5, 5.41) is 4.96. The van der Waals surface area contributed by atoms with E-state index in [0.29, 0.717) is 29.4 Å². The van der Waals surface area contributed by atoms with E-state index in [1.807, 2.05) is 38.1 Å². The molecule has 2 aromatic carbocycles. The SMILES string of the molecule is CCCOc1ccc(C(=O)N/N=C(/C)c2nc3ccccc3s2)cc1OC. The number of carbonyl (C=O) groups is 1. The number of aromatic nitrogens is 1. The molecule has 1 N–H and O–H groups in total. The molecule has 3 aromatic rings. The number of thiazole rings is 1. The Morgan fingerprint density at radius 2 is 2.04 bits per heavy atom. The molecule has 1 heterocycles. The lowest BCUT2D eigenvalue weighted by Gasteiger charge is -2.11. The number of methoxy groups -OCH3 is 1. The predicted octanol–water partition coefficient (Wildman–Crippen LogP) is 4.25. The van der Waals surface area contributed by atoms with E-state index in [1.54, 1.807) is 25.3 Å². The van der Waals surface area contributed by atoms with Crippen molar-refractivity contribution in [1.82, 2.24) is 10.4 Å². The fourth-order valence-electron chi connectivity index (χ4n) is 2.41. The molecule has 0 unspecified atom stereocenters. The number of para-hydroxylation sites is 1. The minimum atomic E-state index is -0.323. The third-order valence-electron chi connectivity index (χ3n) is 3.82. The third-order valence-corrected chi connectivity index (χ3v) is 4.96. The molecule has 6 nitrogen and oxygen atoms in total. The van der Waals surface area contributed by atoms with Crippen LogP contribution in [0.15, 0.2) is 47.6 Å². The fraction of sp³-hybridized carbons (Fsp3) is 0.250. The van der Waals surface area contributed by atoms with E-state index >= 15 is 0 Å². The van der Waals surface area contributed by atoms with Crippen molar-refractivity contribution in [2.45, 2.75) is 20.3 Å². The molecular formula is C20H21N3O3S. The Morgan fingerprint density at radius 1 is 1.22 bits per heavy atom. The minimum absolute atomic E-state index is 0.323. The van der Waals surface area contributed by atoms with Crippen LogP contribution in [-0.4, -0.2) is 30.3 Å². The van der Waals surface area contributed by atoms with E-state index in [-0.39, 0.29) is 5.91 Å². The van der Waals surface area contributed by atoms with E-state index in [9.17, 15) is 4.79 Å². The van der Waals surface area contributed by atoms with Crippen molar-refractivity contribution in [3.63, 3.8) is 0 Å². The van der Waals surface area contributed by atoms with Crippen molar-refractivity contribution in [2.24, 2.45) is 5.10 Å². The zero-order valence-corrected chi connectivity index (χ0v) is 16.3. The van der Waals surface area contributed by atoms with E-state index in [1.165, 1.54) is 11.3 Å². The smallest absolute Gasteiger partial charge is 0.271 e. The van der Waals surface area contributed by atoms with E-state index in [2.05, 4.69) is 15.5 Å². The zero-order chi connectivity index (χ0) is 19.2. The summed E-state index contributed by atoms with van der Waals surface area (Å²) in [6, 6.07) is 12.9. The van der Waals surface area contributed by atoms with Crippen molar-refractivity contribution in [1.29, 1.82) is 0 Å². The lowest BCUT2D eigenvalue weighted by molar-refractivity contribution is 0.0954. The average molecular weight is 383 g/mol. The molecule has 0 saturated heterocycles. The number of fused-ring (bicyclic) bond motifs is 1. The maximum atomic E-state index is 12.4. The van der Waals surface area contributed by atoms with Crippen LogP contribution in [0.3, 0.4) is 0 Å². The van der Waals surface area contributed by atoms with Crippen molar-refractivity contribution in [3.8, 4) is 11.5 Å². The van der Waals surface area contributed by atoms with Crippen LogP contribution in [-0.2, 0) is 0 Å². The third kappa shape index (κ3) is 4.43. The standard InChI is InChI=1S/C20H21N3O3S/c1-4-11-26-16-10-9-14(12-17(16)25-3)19(24)23-22-13(2)20-21-15-7-5-6-8-18(15)27-20/h5-10,12H,4,11H2,1-3H3,(H,23,24)/b22-13-. The lowest BCUT2D eigenvalue weighted by Crippen LogP contribution is -2.19. The van der Waals surface area contributed by atoms with Gasteiger partial charge in [-0.25, -0.2) is 10.4 Å². The highest BCUT2D eigenvalue weighted by Crippen LogP contribution is 2.28. The summed E-state index contributed by atoms with van der Waals surface area (Å²) in [6.07, 6.45) is 0.894. The number of carbonyl (C=O) groups excluding carboxylic acids is 1. The van der Waals surface area contributed by atoms with Crippen LogP contribution in [0.1, 0.15) is 35.6 Å². The Kier molecular flexibility index (Phi) is 6.03. The lowest BCUT2D eigenvalue weighted by atomic mass is 10.2. The van der Waals surface area contributed by atoms with Crippen LogP contribution in [0.2, 0.25) is 0 Å². The monoisotopic (exact) mass is 383 g/mol. The first-order chi connectivity index (χ1) is 13.1. The highest BCUT2D eigenvalue weighted by molar-refractivity contribution is 7.20. The van der Waals surface area contributed by atoms with Crippen LogP contribution < -0.4 is 14.9 Å². The second-order valence-corrected chi connectivity index (χ2v) is 6.87. The molecule has 0 bridgehead atoms. The Balaban J connectivity index is 1.73. The van der Waals surface area contributed by atoms with Gasteiger partial charge in [0.15, 0.2) is 11.5 Å². The second kappa shape index (κ2) is 8.64. The number of benzene rings is 2. The summed E-state index contributed by atoms with van der Waals surface area (Å²) in [6.45, 7) is 4.44. The van der Waals surface area contributed by atoms with Crippen LogP contribution in [0, 0.1) is 0 Å². The van der Waals surface area contributed by atoms with Gasteiger partial charge in [-0.1, -0.05) is 19.1 Å². The average Bonchev–Trinajstić information content (AvgIpc) is 3.14. The Bertz CT molecular complexity index is 949. The highest BCUT2D eigenvalue weighted by Gasteiger charge is 2.12. The summed E-state index contributed by atoms with van der Waals surface area (Å²) < 4.78 is 12.0. The summed E-state index contributed by atoms with van der Waals surface area (Å²) >= 11 is 1.54. The molecule has 0 spiro atoms. The van der Waals surface area contributed by atoms with Gasteiger partial charge in [0, 0.05) is 5.56 Å². The van der Waals surface area contributed by atoms with Gasteiger partial charge in [-0.15, -0.1) is 11.3 Å². The Labute approximate surface area is 161 Å². The van der Waals surface area contributed by atoms with Crippen LogP contribution in [0.4, 0.5) is 0 Å². The van der Waals surface area contributed by atoms with Gasteiger partial charge in [-0.3, -0.25) is 4.79 Å². The van der Waals surface area contributed by atoms with Crippen molar-refractivity contribution in [2.75, 3.05) is 13.7 Å². The molecule has 27 heavy (non-hydrogen) atoms. The first-order valence-electron chi connectivity index (χ1n) is 8.63. The number of nitrogens with zero attached hydrogens (tertiary/aromatic N) is 2. The summed E-state index contributed by atoms with van der Waals surface area (Å²) in [5.74, 6) is 0.809. The molecule has 1 aromatic heterocycles. The Hall–Kier alpha value is -2.93. The molecule has 0 aliphatic rings.